The van der Waals surface area contributed by atoms with E-state index >= 15 is 0 Å². The maximum Gasteiger partial charge on any atom is 0.416 e. The molecular weight excluding hydrogens is 523 g/mol. The lowest BCUT2D eigenvalue weighted by Crippen LogP contribution is -2.23. The van der Waals surface area contributed by atoms with Gasteiger partial charge in [0.15, 0.2) is 12.3 Å². The number of nitrogens with zero attached hydrogens (tertiary/aromatic N) is 2. The van der Waals surface area contributed by atoms with Crippen LogP contribution in [0.4, 0.5) is 18.9 Å². The fraction of sp³-hybridized carbons (Fsp3) is 0.192. The fourth-order valence-corrected chi connectivity index (χ4v) is 4.07. The Morgan fingerprint density at radius 3 is 2.50 bits per heavy atom. The minimum Gasteiger partial charge on any atom is -0.489 e. The van der Waals surface area contributed by atoms with E-state index in [1.54, 1.807) is 30.3 Å². The lowest BCUT2D eigenvalue weighted by Gasteiger charge is -2.15. The highest BCUT2D eigenvalue weighted by Gasteiger charge is 2.31. The molecule has 0 aliphatic heterocycles. The van der Waals surface area contributed by atoms with Crippen LogP contribution in [0.25, 0.3) is 16.3 Å². The zero-order valence-corrected chi connectivity index (χ0v) is 20.8. The molecule has 0 radical (unpaired) electrons. The van der Waals surface area contributed by atoms with Gasteiger partial charge in [-0.2, -0.15) is 18.3 Å². The highest BCUT2D eigenvalue weighted by Crippen LogP contribution is 2.35. The quantitative estimate of drug-likeness (QED) is 0.211. The topological polar surface area (TPSA) is 91.7 Å². The summed E-state index contributed by atoms with van der Waals surface area (Å²) >= 11 is 1.44. The third-order valence-electron chi connectivity index (χ3n) is 5.15. The summed E-state index contributed by atoms with van der Waals surface area (Å²) in [6.07, 6.45) is -4.63. The van der Waals surface area contributed by atoms with Crippen LogP contribution >= 0.6 is 11.3 Å². The predicted octanol–water partition coefficient (Wildman–Crippen LogP) is 5.44. The zero-order chi connectivity index (χ0) is 27.1. The number of para-hydroxylation sites is 1. The Hall–Kier alpha value is -4.16. The molecule has 0 saturated heterocycles. The van der Waals surface area contributed by atoms with Gasteiger partial charge in [-0.25, -0.2) is 9.48 Å². The second kappa shape index (κ2) is 11.9. The average molecular weight is 546 g/mol. The molecule has 1 amide bonds. The van der Waals surface area contributed by atoms with Crippen LogP contribution < -0.4 is 10.1 Å². The van der Waals surface area contributed by atoms with Gasteiger partial charge >= 0.3 is 12.1 Å². The lowest BCUT2D eigenvalue weighted by atomic mass is 10.1. The molecule has 0 aliphatic carbocycles. The van der Waals surface area contributed by atoms with E-state index in [1.165, 1.54) is 23.1 Å². The van der Waals surface area contributed by atoms with E-state index in [-0.39, 0.29) is 30.3 Å². The van der Waals surface area contributed by atoms with Crippen molar-refractivity contribution in [3.05, 3.63) is 83.4 Å². The number of amides is 1. The van der Waals surface area contributed by atoms with Gasteiger partial charge in [0, 0.05) is 13.2 Å². The molecule has 38 heavy (non-hydrogen) atoms. The molecule has 4 rings (SSSR count). The molecule has 12 heteroatoms. The van der Waals surface area contributed by atoms with E-state index in [2.05, 4.69) is 10.4 Å². The number of hydrogen-bond donors (Lipinski definition) is 1. The minimum atomic E-state index is -4.63. The number of nitrogens with one attached hydrogen (secondary N) is 1. The molecule has 0 unspecified atom stereocenters. The lowest BCUT2D eigenvalue weighted by molar-refractivity contribution is -0.137. The molecule has 1 N–H and O–H groups in total. The Morgan fingerprint density at radius 1 is 1.03 bits per heavy atom. The van der Waals surface area contributed by atoms with E-state index in [0.29, 0.717) is 11.4 Å². The minimum absolute atomic E-state index is 0.0115. The summed E-state index contributed by atoms with van der Waals surface area (Å²) in [5.41, 5.74) is 0.0358. The van der Waals surface area contributed by atoms with Gasteiger partial charge < -0.3 is 19.5 Å². The van der Waals surface area contributed by atoms with Crippen LogP contribution in [-0.4, -0.2) is 48.6 Å². The zero-order valence-electron chi connectivity index (χ0n) is 20.0. The number of methoxy groups -OCH3 is 1. The van der Waals surface area contributed by atoms with Crippen LogP contribution in [0.2, 0.25) is 0 Å². The number of aromatic nitrogens is 2. The Bertz CT molecular complexity index is 1390. The molecule has 4 aromatic rings. The molecule has 8 nitrogen and oxygen atoms in total. The normalized spacial score (nSPS) is 11.3. The first-order valence-electron chi connectivity index (χ1n) is 11.3. The smallest absolute Gasteiger partial charge is 0.416 e. The number of carbonyl (C=O) groups is 2. The predicted molar refractivity (Wildman–Crippen MR) is 135 cm³/mol. The molecule has 198 valence electrons. The highest BCUT2D eigenvalue weighted by molar-refractivity contribution is 7.13. The summed E-state index contributed by atoms with van der Waals surface area (Å²) in [5.74, 6) is -1.67. The summed E-state index contributed by atoms with van der Waals surface area (Å²) in [6, 6.07) is 16.8. The number of ether oxygens (including phenoxy) is 3. The van der Waals surface area contributed by atoms with Crippen molar-refractivity contribution in [2.45, 2.75) is 6.18 Å². The summed E-state index contributed by atoms with van der Waals surface area (Å²) in [5, 5.41) is 8.71. The third-order valence-corrected chi connectivity index (χ3v) is 6.05. The first-order valence-corrected chi connectivity index (χ1v) is 12.1. The number of hydrogen-bond acceptors (Lipinski definition) is 7. The van der Waals surface area contributed by atoms with Crippen molar-refractivity contribution in [1.82, 2.24) is 9.78 Å². The number of benzene rings is 2. The fourth-order valence-electron chi connectivity index (χ4n) is 3.39. The van der Waals surface area contributed by atoms with Crippen LogP contribution in [0.5, 0.6) is 5.75 Å². The van der Waals surface area contributed by atoms with Gasteiger partial charge in [0.2, 0.25) is 0 Å². The van der Waals surface area contributed by atoms with Crippen molar-refractivity contribution >= 4 is 28.9 Å². The molecule has 2 aromatic carbocycles. The van der Waals surface area contributed by atoms with Crippen LogP contribution in [0.1, 0.15) is 16.1 Å². The number of carbonyl (C=O) groups excluding carboxylic acids is 2. The summed E-state index contributed by atoms with van der Waals surface area (Å²) in [6.45, 7) is -0.509. The highest BCUT2D eigenvalue weighted by atomic mass is 32.1. The Morgan fingerprint density at radius 2 is 1.82 bits per heavy atom. The average Bonchev–Trinajstić information content (AvgIpc) is 3.59. The first-order chi connectivity index (χ1) is 18.3. The second-order valence-corrected chi connectivity index (χ2v) is 8.76. The van der Waals surface area contributed by atoms with E-state index in [4.69, 9.17) is 14.2 Å². The van der Waals surface area contributed by atoms with Crippen LogP contribution in [-0.2, 0) is 20.4 Å². The number of rotatable bonds is 10. The van der Waals surface area contributed by atoms with Gasteiger partial charge in [0.05, 0.1) is 28.4 Å². The third kappa shape index (κ3) is 6.58. The van der Waals surface area contributed by atoms with Crippen molar-refractivity contribution in [2.24, 2.45) is 0 Å². The molecule has 2 heterocycles. The second-order valence-electron chi connectivity index (χ2n) is 7.81. The summed E-state index contributed by atoms with van der Waals surface area (Å²) < 4.78 is 56.6. The van der Waals surface area contributed by atoms with Crippen LogP contribution in [0.15, 0.2) is 72.1 Å². The summed E-state index contributed by atoms with van der Waals surface area (Å²) in [4.78, 5) is 26.4. The van der Waals surface area contributed by atoms with Gasteiger partial charge in [-0.1, -0.05) is 24.3 Å². The van der Waals surface area contributed by atoms with Crippen LogP contribution in [0, 0.1) is 0 Å². The maximum absolute atomic E-state index is 13.2. The standard InChI is InChI=1S/C26H22F3N3O5S/c1-35-11-12-36-22-10-9-17(26(27,28)29)14-19(22)30-24(33)16-37-25(34)21-15-20(23-8-5-13-38-23)31-32(21)18-6-3-2-4-7-18/h2-10,13-15H,11-12,16H2,1H3,(H,30,33). The van der Waals surface area contributed by atoms with E-state index in [0.717, 1.165) is 23.1 Å². The van der Waals surface area contributed by atoms with Crippen molar-refractivity contribution in [3.63, 3.8) is 0 Å². The molecule has 0 saturated carbocycles. The van der Waals surface area contributed by atoms with Crippen molar-refractivity contribution in [1.29, 1.82) is 0 Å². The van der Waals surface area contributed by atoms with Gasteiger partial charge in [-0.05, 0) is 41.8 Å². The van der Waals surface area contributed by atoms with Gasteiger partial charge in [-0.3, -0.25) is 4.79 Å². The van der Waals surface area contributed by atoms with Crippen molar-refractivity contribution in [3.8, 4) is 22.0 Å². The molecule has 0 bridgehead atoms. The number of halogens is 3. The number of anilines is 1. The maximum atomic E-state index is 13.2. The number of alkyl halides is 3. The molecule has 0 aliphatic rings. The first kappa shape index (κ1) is 26.9. The van der Waals surface area contributed by atoms with Gasteiger partial charge in [0.1, 0.15) is 18.1 Å². The Labute approximate surface area is 219 Å². The SMILES string of the molecule is COCCOc1ccc(C(F)(F)F)cc1NC(=O)COC(=O)c1cc(-c2cccs2)nn1-c1ccccc1. The molecule has 0 fully saturated rings. The van der Waals surface area contributed by atoms with Crippen LogP contribution in [0.3, 0.4) is 0 Å². The summed E-state index contributed by atoms with van der Waals surface area (Å²) in [7, 11) is 1.44. The van der Waals surface area contributed by atoms with Gasteiger partial charge in [0.25, 0.3) is 5.91 Å². The van der Waals surface area contributed by atoms with Crippen molar-refractivity contribution < 1.29 is 37.0 Å². The largest absolute Gasteiger partial charge is 0.489 e. The van der Waals surface area contributed by atoms with E-state index < -0.39 is 30.2 Å². The number of thiophene rings is 1. The van der Waals surface area contributed by atoms with E-state index in [9.17, 15) is 22.8 Å². The van der Waals surface area contributed by atoms with E-state index in [1.807, 2.05) is 23.6 Å². The number of esters is 1. The Kier molecular flexibility index (Phi) is 8.44. The van der Waals surface area contributed by atoms with Gasteiger partial charge in [-0.15, -0.1) is 11.3 Å². The molecule has 0 spiro atoms. The molecule has 2 aromatic heterocycles. The van der Waals surface area contributed by atoms with Crippen molar-refractivity contribution in [2.75, 3.05) is 32.2 Å². The monoisotopic (exact) mass is 545 g/mol. The molecular formula is C26H22F3N3O5S. The Balaban J connectivity index is 1.50. The molecule has 0 atom stereocenters.